The summed E-state index contributed by atoms with van der Waals surface area (Å²) in [5, 5.41) is 6.16. The van der Waals surface area contributed by atoms with Crippen molar-refractivity contribution in [2.75, 3.05) is 11.1 Å². The Labute approximate surface area is 115 Å². The molecule has 0 aromatic carbocycles. The fourth-order valence-corrected chi connectivity index (χ4v) is 2.13. The first kappa shape index (κ1) is 15.2. The monoisotopic (exact) mass is 285 g/mol. The van der Waals surface area contributed by atoms with Gasteiger partial charge in [0.25, 0.3) is 5.91 Å². The van der Waals surface area contributed by atoms with Crippen LogP contribution in [0.3, 0.4) is 0 Å². The van der Waals surface area contributed by atoms with Crippen molar-refractivity contribution in [3.63, 3.8) is 0 Å². The number of anilines is 2. The number of carbonyl (C=O) groups is 2. The highest BCUT2D eigenvalue weighted by molar-refractivity contribution is 7.18. The molecular formula is C11H19N5O2S. The second-order valence-electron chi connectivity index (χ2n) is 4.98. The number of rotatable bonds is 5. The summed E-state index contributed by atoms with van der Waals surface area (Å²) in [6.45, 7) is 6.95. The molecule has 6 N–H and O–H groups in total. The van der Waals surface area contributed by atoms with Gasteiger partial charge in [0.05, 0.1) is 0 Å². The molecule has 0 aliphatic rings. The lowest BCUT2D eigenvalue weighted by atomic mass is 10.1. The zero-order valence-corrected chi connectivity index (χ0v) is 12.2. The van der Waals surface area contributed by atoms with E-state index in [1.54, 1.807) is 0 Å². The first-order valence-corrected chi connectivity index (χ1v) is 6.60. The van der Waals surface area contributed by atoms with Crippen molar-refractivity contribution in [3.8, 4) is 0 Å². The van der Waals surface area contributed by atoms with Crippen LogP contribution in [0.2, 0.25) is 0 Å². The SMILES string of the molecule is CC(C)Nc1nc(N)c(C(=O)NC(C)(C)C(N)=O)s1. The Morgan fingerprint density at radius 2 is 1.95 bits per heavy atom. The smallest absolute Gasteiger partial charge is 0.266 e. The molecule has 0 unspecified atom stereocenters. The molecule has 0 saturated carbocycles. The first-order valence-electron chi connectivity index (χ1n) is 5.78. The van der Waals surface area contributed by atoms with Gasteiger partial charge < -0.3 is 22.1 Å². The van der Waals surface area contributed by atoms with E-state index in [1.165, 1.54) is 13.8 Å². The lowest BCUT2D eigenvalue weighted by Gasteiger charge is -2.21. The van der Waals surface area contributed by atoms with Crippen LogP contribution in [0, 0.1) is 0 Å². The molecule has 106 valence electrons. The van der Waals surface area contributed by atoms with Crippen molar-refractivity contribution in [2.45, 2.75) is 39.3 Å². The molecule has 0 aliphatic heterocycles. The fraction of sp³-hybridized carbons (Fsp3) is 0.545. The quantitative estimate of drug-likeness (QED) is 0.628. The number of nitrogens with zero attached hydrogens (tertiary/aromatic N) is 1. The van der Waals surface area contributed by atoms with Crippen LogP contribution >= 0.6 is 11.3 Å². The molecule has 0 fully saturated rings. The number of amides is 2. The topological polar surface area (TPSA) is 123 Å². The number of nitrogen functional groups attached to an aromatic ring is 1. The van der Waals surface area contributed by atoms with Crippen molar-refractivity contribution < 1.29 is 9.59 Å². The predicted octanol–water partition coefficient (Wildman–Crippen LogP) is 0.539. The molecule has 1 aromatic heterocycles. The van der Waals surface area contributed by atoms with Crippen LogP contribution in [0.5, 0.6) is 0 Å². The van der Waals surface area contributed by atoms with E-state index < -0.39 is 17.4 Å². The Balaban J connectivity index is 2.89. The van der Waals surface area contributed by atoms with E-state index in [0.29, 0.717) is 5.13 Å². The van der Waals surface area contributed by atoms with Gasteiger partial charge in [0.15, 0.2) is 5.13 Å². The fourth-order valence-electron chi connectivity index (χ4n) is 1.21. The minimum atomic E-state index is -1.14. The standard InChI is InChI=1S/C11H19N5O2S/c1-5(2)14-10-15-7(12)6(19-10)8(17)16-11(3,4)9(13)18/h5H,12H2,1-4H3,(H2,13,18)(H,14,15)(H,16,17). The van der Waals surface area contributed by atoms with Crippen LogP contribution in [-0.4, -0.2) is 28.4 Å². The molecule has 0 atom stereocenters. The Bertz CT molecular complexity index is 495. The second-order valence-corrected chi connectivity index (χ2v) is 5.97. The molecule has 19 heavy (non-hydrogen) atoms. The number of nitrogens with two attached hydrogens (primary N) is 2. The summed E-state index contributed by atoms with van der Waals surface area (Å²) in [5.74, 6) is -0.953. The maximum absolute atomic E-state index is 12.0. The zero-order chi connectivity index (χ0) is 14.8. The zero-order valence-electron chi connectivity index (χ0n) is 11.4. The average molecular weight is 285 g/mol. The van der Waals surface area contributed by atoms with E-state index >= 15 is 0 Å². The van der Waals surface area contributed by atoms with Gasteiger partial charge in [-0.2, -0.15) is 0 Å². The summed E-state index contributed by atoms with van der Waals surface area (Å²) in [5.41, 5.74) is 9.75. The van der Waals surface area contributed by atoms with Gasteiger partial charge in [-0.3, -0.25) is 9.59 Å². The van der Waals surface area contributed by atoms with Crippen molar-refractivity contribution in [3.05, 3.63) is 4.88 Å². The van der Waals surface area contributed by atoms with Gasteiger partial charge in [-0.1, -0.05) is 11.3 Å². The number of thiazole rings is 1. The maximum atomic E-state index is 12.0. The minimum absolute atomic E-state index is 0.130. The molecule has 1 rings (SSSR count). The third kappa shape index (κ3) is 3.82. The maximum Gasteiger partial charge on any atom is 0.266 e. The van der Waals surface area contributed by atoms with Crippen molar-refractivity contribution in [1.29, 1.82) is 0 Å². The van der Waals surface area contributed by atoms with Crippen LogP contribution in [0.15, 0.2) is 0 Å². The Kier molecular flexibility index (Phi) is 4.35. The van der Waals surface area contributed by atoms with E-state index in [0.717, 1.165) is 11.3 Å². The summed E-state index contributed by atoms with van der Waals surface area (Å²) in [7, 11) is 0. The summed E-state index contributed by atoms with van der Waals surface area (Å²) in [6.07, 6.45) is 0. The van der Waals surface area contributed by atoms with Crippen LogP contribution in [0.25, 0.3) is 0 Å². The van der Waals surface area contributed by atoms with E-state index in [2.05, 4.69) is 15.6 Å². The molecule has 1 aromatic rings. The van der Waals surface area contributed by atoms with E-state index in [4.69, 9.17) is 11.5 Å². The largest absolute Gasteiger partial charge is 0.382 e. The molecule has 2 amide bonds. The normalized spacial score (nSPS) is 11.4. The summed E-state index contributed by atoms with van der Waals surface area (Å²) in [4.78, 5) is 27.5. The lowest BCUT2D eigenvalue weighted by molar-refractivity contribution is -0.122. The van der Waals surface area contributed by atoms with Gasteiger partial charge >= 0.3 is 0 Å². The Morgan fingerprint density at radius 3 is 2.42 bits per heavy atom. The number of carbonyl (C=O) groups excluding carboxylic acids is 2. The molecule has 0 spiro atoms. The number of hydrogen-bond donors (Lipinski definition) is 4. The molecule has 0 saturated heterocycles. The van der Waals surface area contributed by atoms with Crippen molar-refractivity contribution in [2.24, 2.45) is 5.73 Å². The van der Waals surface area contributed by atoms with E-state index in [9.17, 15) is 9.59 Å². The molecule has 1 heterocycles. The highest BCUT2D eigenvalue weighted by atomic mass is 32.1. The van der Waals surface area contributed by atoms with Gasteiger partial charge in [-0.05, 0) is 27.7 Å². The summed E-state index contributed by atoms with van der Waals surface area (Å²) in [6, 6.07) is 0.184. The second kappa shape index (κ2) is 5.43. The number of nitrogens with one attached hydrogen (secondary N) is 2. The number of hydrogen-bond acceptors (Lipinski definition) is 6. The third-order valence-corrected chi connectivity index (χ3v) is 3.31. The van der Waals surface area contributed by atoms with Gasteiger partial charge in [0, 0.05) is 6.04 Å². The lowest BCUT2D eigenvalue weighted by Crippen LogP contribution is -2.52. The highest BCUT2D eigenvalue weighted by Gasteiger charge is 2.29. The molecule has 8 heteroatoms. The highest BCUT2D eigenvalue weighted by Crippen LogP contribution is 2.25. The Morgan fingerprint density at radius 1 is 1.37 bits per heavy atom. The van der Waals surface area contributed by atoms with Gasteiger partial charge in [-0.15, -0.1) is 0 Å². The summed E-state index contributed by atoms with van der Waals surface area (Å²) >= 11 is 1.14. The van der Waals surface area contributed by atoms with Gasteiger partial charge in [0.2, 0.25) is 5.91 Å². The molecular weight excluding hydrogens is 266 g/mol. The van der Waals surface area contributed by atoms with Gasteiger partial charge in [-0.25, -0.2) is 4.98 Å². The number of primary amides is 1. The van der Waals surface area contributed by atoms with Crippen molar-refractivity contribution in [1.82, 2.24) is 10.3 Å². The van der Waals surface area contributed by atoms with E-state index in [1.807, 2.05) is 13.8 Å². The molecule has 0 radical (unpaired) electrons. The number of aromatic nitrogens is 1. The minimum Gasteiger partial charge on any atom is -0.382 e. The molecule has 7 nitrogen and oxygen atoms in total. The van der Waals surface area contributed by atoms with Gasteiger partial charge in [0.1, 0.15) is 16.2 Å². The van der Waals surface area contributed by atoms with Crippen molar-refractivity contribution >= 4 is 34.1 Å². The Hall–Kier alpha value is -1.83. The predicted molar refractivity (Wildman–Crippen MR) is 76.0 cm³/mol. The van der Waals surface area contributed by atoms with Crippen LogP contribution < -0.4 is 22.1 Å². The third-order valence-electron chi connectivity index (χ3n) is 2.31. The first-order chi connectivity index (χ1) is 8.63. The molecule has 0 bridgehead atoms. The summed E-state index contributed by atoms with van der Waals surface area (Å²) < 4.78 is 0. The molecule has 0 aliphatic carbocycles. The average Bonchev–Trinajstić information content (AvgIpc) is 2.57. The van der Waals surface area contributed by atoms with Crippen LogP contribution in [0.4, 0.5) is 10.9 Å². The van der Waals surface area contributed by atoms with Crippen LogP contribution in [0.1, 0.15) is 37.4 Å². The van der Waals surface area contributed by atoms with E-state index in [-0.39, 0.29) is 16.7 Å². The van der Waals surface area contributed by atoms with Crippen LogP contribution in [-0.2, 0) is 4.79 Å².